The molecule has 106 valence electrons. The van der Waals surface area contributed by atoms with E-state index < -0.39 is 53.6 Å². The van der Waals surface area contributed by atoms with Gasteiger partial charge in [-0.05, 0) is 13.8 Å². The fourth-order valence-electron chi connectivity index (χ4n) is 1.83. The van der Waals surface area contributed by atoms with Gasteiger partial charge in [-0.1, -0.05) is 0 Å². The molecule has 0 aliphatic rings. The molecule has 0 fully saturated rings. The lowest BCUT2D eigenvalue weighted by Crippen LogP contribution is -2.08. The highest BCUT2D eigenvalue weighted by atomic mass is 16.6. The van der Waals surface area contributed by atoms with E-state index in [1.807, 2.05) is 0 Å². The van der Waals surface area contributed by atoms with Gasteiger partial charge in [0.1, 0.15) is 11.1 Å². The Morgan fingerprint density at radius 1 is 0.550 bits per heavy atom. The molecule has 0 aliphatic heterocycles. The zero-order chi connectivity index (χ0) is 15.8. The molecule has 0 N–H and O–H groups in total. The average Bonchev–Trinajstić information content (AvgIpc) is 2.28. The molecule has 0 saturated carbocycles. The molecule has 12 heteroatoms. The van der Waals surface area contributed by atoms with Crippen molar-refractivity contribution >= 4 is 22.7 Å². The van der Waals surface area contributed by atoms with Gasteiger partial charge >= 0.3 is 22.7 Å². The Bertz CT molecular complexity index is 557. The van der Waals surface area contributed by atoms with Crippen molar-refractivity contribution in [2.75, 3.05) is 0 Å². The minimum atomic E-state index is -1.17. The maximum absolute atomic E-state index is 10.9. The Balaban J connectivity index is 4.10. The van der Waals surface area contributed by atoms with Gasteiger partial charge in [0.05, 0.1) is 19.7 Å². The molecule has 20 heavy (non-hydrogen) atoms. The second-order valence-electron chi connectivity index (χ2n) is 3.67. The topological polar surface area (TPSA) is 173 Å². The zero-order valence-electron chi connectivity index (χ0n) is 10.1. The summed E-state index contributed by atoms with van der Waals surface area (Å²) < 4.78 is 0. The van der Waals surface area contributed by atoms with Crippen molar-refractivity contribution in [2.24, 2.45) is 0 Å². The molecule has 0 heterocycles. The standard InChI is InChI=1S/C8H6N4O8/c1-3-5(9(13)14)7(11(17)18)4(2)8(12(19)20)6(3)10(15)16/h1-2H3. The van der Waals surface area contributed by atoms with Crippen LogP contribution in [-0.4, -0.2) is 19.7 Å². The molecule has 0 aliphatic carbocycles. The van der Waals surface area contributed by atoms with E-state index >= 15 is 0 Å². The van der Waals surface area contributed by atoms with Crippen LogP contribution in [0.25, 0.3) is 0 Å². The number of nitrogens with zero attached hydrogens (tertiary/aromatic N) is 4. The van der Waals surface area contributed by atoms with E-state index in [-0.39, 0.29) is 0 Å². The van der Waals surface area contributed by atoms with Gasteiger partial charge in [0, 0.05) is 0 Å². The first-order valence-electron chi connectivity index (χ1n) is 4.86. The van der Waals surface area contributed by atoms with Gasteiger partial charge in [-0.15, -0.1) is 0 Å². The summed E-state index contributed by atoms with van der Waals surface area (Å²) in [7, 11) is 0. The maximum atomic E-state index is 10.9. The molecular weight excluding hydrogens is 280 g/mol. The van der Waals surface area contributed by atoms with E-state index in [0.717, 1.165) is 13.8 Å². The molecule has 0 bridgehead atoms. The molecule has 0 amide bonds. The normalized spacial score (nSPS) is 10.1. The maximum Gasteiger partial charge on any atom is 0.356 e. The highest BCUT2D eigenvalue weighted by Gasteiger charge is 2.44. The number of rotatable bonds is 4. The van der Waals surface area contributed by atoms with Gasteiger partial charge in [0.15, 0.2) is 0 Å². The van der Waals surface area contributed by atoms with Crippen LogP contribution in [0, 0.1) is 54.3 Å². The van der Waals surface area contributed by atoms with Gasteiger partial charge < -0.3 is 0 Å². The number of benzene rings is 1. The number of nitro groups is 4. The van der Waals surface area contributed by atoms with Gasteiger partial charge in [-0.3, -0.25) is 40.5 Å². The molecule has 0 unspecified atom stereocenters. The summed E-state index contributed by atoms with van der Waals surface area (Å²) in [6.07, 6.45) is 0. The predicted molar refractivity (Wildman–Crippen MR) is 62.5 cm³/mol. The molecular formula is C8H6N4O8. The first kappa shape index (κ1) is 14.9. The third kappa shape index (κ3) is 2.09. The van der Waals surface area contributed by atoms with Crippen molar-refractivity contribution in [1.82, 2.24) is 0 Å². The summed E-state index contributed by atoms with van der Waals surface area (Å²) in [4.78, 5) is 38.8. The van der Waals surface area contributed by atoms with Crippen LogP contribution in [0.15, 0.2) is 0 Å². The zero-order valence-corrected chi connectivity index (χ0v) is 10.1. The minimum Gasteiger partial charge on any atom is -0.258 e. The fraction of sp³-hybridized carbons (Fsp3) is 0.250. The molecule has 12 nitrogen and oxygen atoms in total. The molecule has 0 atom stereocenters. The van der Waals surface area contributed by atoms with Crippen molar-refractivity contribution in [2.45, 2.75) is 13.8 Å². The Morgan fingerprint density at radius 3 is 0.800 bits per heavy atom. The van der Waals surface area contributed by atoms with Gasteiger partial charge in [-0.25, -0.2) is 0 Å². The lowest BCUT2D eigenvalue weighted by atomic mass is 10.0. The summed E-state index contributed by atoms with van der Waals surface area (Å²) in [6.45, 7) is 1.71. The molecule has 0 radical (unpaired) electrons. The van der Waals surface area contributed by atoms with Crippen LogP contribution in [0.4, 0.5) is 22.7 Å². The fourth-order valence-corrected chi connectivity index (χ4v) is 1.83. The Kier molecular flexibility index (Phi) is 3.59. The summed E-state index contributed by atoms with van der Waals surface area (Å²) >= 11 is 0. The molecule has 1 aromatic carbocycles. The highest BCUT2D eigenvalue weighted by Crippen LogP contribution is 2.46. The monoisotopic (exact) mass is 286 g/mol. The minimum absolute atomic E-state index is 0.732. The van der Waals surface area contributed by atoms with Crippen LogP contribution >= 0.6 is 0 Å². The largest absolute Gasteiger partial charge is 0.356 e. The Morgan fingerprint density at radius 2 is 0.700 bits per heavy atom. The van der Waals surface area contributed by atoms with Crippen LogP contribution in [0.2, 0.25) is 0 Å². The average molecular weight is 286 g/mol. The van der Waals surface area contributed by atoms with E-state index in [4.69, 9.17) is 0 Å². The first-order valence-corrected chi connectivity index (χ1v) is 4.86. The first-order chi connectivity index (χ1) is 9.11. The third-order valence-corrected chi connectivity index (χ3v) is 2.60. The van der Waals surface area contributed by atoms with Crippen LogP contribution < -0.4 is 0 Å². The van der Waals surface area contributed by atoms with Crippen molar-refractivity contribution < 1.29 is 19.7 Å². The Hall–Kier alpha value is -3.18. The van der Waals surface area contributed by atoms with Crippen LogP contribution in [0.1, 0.15) is 11.1 Å². The second-order valence-corrected chi connectivity index (χ2v) is 3.67. The van der Waals surface area contributed by atoms with Crippen molar-refractivity contribution in [3.8, 4) is 0 Å². The SMILES string of the molecule is Cc1c([N+](=O)[O-])c([N+](=O)[O-])c(C)c([N+](=O)[O-])c1[N+](=O)[O-]. The smallest absolute Gasteiger partial charge is 0.258 e. The van der Waals surface area contributed by atoms with E-state index in [2.05, 4.69) is 0 Å². The van der Waals surface area contributed by atoms with Crippen molar-refractivity contribution in [3.05, 3.63) is 51.6 Å². The number of hydrogen-bond donors (Lipinski definition) is 0. The van der Waals surface area contributed by atoms with Crippen LogP contribution in [0.3, 0.4) is 0 Å². The Labute approximate surface area is 109 Å². The van der Waals surface area contributed by atoms with E-state index in [1.165, 1.54) is 0 Å². The van der Waals surface area contributed by atoms with Gasteiger partial charge in [0.25, 0.3) is 0 Å². The number of hydrogen-bond acceptors (Lipinski definition) is 8. The molecule has 0 aromatic heterocycles. The summed E-state index contributed by atoms with van der Waals surface area (Å²) in [5.41, 5.74) is -5.95. The van der Waals surface area contributed by atoms with Crippen molar-refractivity contribution in [1.29, 1.82) is 0 Å². The van der Waals surface area contributed by atoms with Gasteiger partial charge in [-0.2, -0.15) is 0 Å². The lowest BCUT2D eigenvalue weighted by Gasteiger charge is -2.04. The second kappa shape index (κ2) is 4.83. The quantitative estimate of drug-likeness (QED) is 0.595. The highest BCUT2D eigenvalue weighted by molar-refractivity contribution is 5.78. The summed E-state index contributed by atoms with van der Waals surface area (Å²) in [6, 6.07) is 0. The molecule has 0 spiro atoms. The number of nitro benzene ring substituents is 4. The molecule has 1 rings (SSSR count). The predicted octanol–water partition coefficient (Wildman–Crippen LogP) is 1.94. The van der Waals surface area contributed by atoms with Crippen LogP contribution in [-0.2, 0) is 0 Å². The summed E-state index contributed by atoms with van der Waals surface area (Å²) in [5.74, 6) is 0. The lowest BCUT2D eigenvalue weighted by molar-refractivity contribution is -0.435. The van der Waals surface area contributed by atoms with Gasteiger partial charge in [0.2, 0.25) is 0 Å². The van der Waals surface area contributed by atoms with E-state index in [0.29, 0.717) is 0 Å². The van der Waals surface area contributed by atoms with E-state index in [9.17, 15) is 40.5 Å². The van der Waals surface area contributed by atoms with Crippen LogP contribution in [0.5, 0.6) is 0 Å². The van der Waals surface area contributed by atoms with Crippen molar-refractivity contribution in [3.63, 3.8) is 0 Å². The van der Waals surface area contributed by atoms with E-state index in [1.54, 1.807) is 0 Å². The molecule has 1 aromatic rings. The molecule has 0 saturated heterocycles. The summed E-state index contributed by atoms with van der Waals surface area (Å²) in [5, 5.41) is 43.5. The third-order valence-electron chi connectivity index (χ3n) is 2.60.